The first-order chi connectivity index (χ1) is 8.36. The lowest BCUT2D eigenvalue weighted by atomic mass is 10.3. The third kappa shape index (κ3) is 4.15. The highest BCUT2D eigenvalue weighted by molar-refractivity contribution is 7.99. The molecule has 0 heterocycles. The average Bonchev–Trinajstić information content (AvgIpc) is 2.29. The first kappa shape index (κ1) is 15.3. The van der Waals surface area contributed by atoms with Crippen molar-refractivity contribution in [3.63, 3.8) is 0 Å². The number of anilines is 1. The first-order valence-corrected chi connectivity index (χ1v) is 8.15. The minimum atomic E-state index is -3.64. The zero-order valence-corrected chi connectivity index (χ0v) is 11.9. The molecule has 0 bridgehead atoms. The minimum Gasteiger partial charge on any atom is -0.396 e. The van der Waals surface area contributed by atoms with Crippen molar-refractivity contribution < 1.29 is 12.8 Å². The van der Waals surface area contributed by atoms with Crippen LogP contribution in [0.1, 0.15) is 13.8 Å². The lowest BCUT2D eigenvalue weighted by molar-refractivity contribution is 0.570. The Labute approximate surface area is 111 Å². The van der Waals surface area contributed by atoms with Gasteiger partial charge in [0.1, 0.15) is 5.82 Å². The quantitative estimate of drug-likeness (QED) is 0.785. The largest absolute Gasteiger partial charge is 0.396 e. The molecule has 0 aliphatic rings. The van der Waals surface area contributed by atoms with Gasteiger partial charge in [0.15, 0.2) is 0 Å². The van der Waals surface area contributed by atoms with Gasteiger partial charge in [-0.1, -0.05) is 6.92 Å². The summed E-state index contributed by atoms with van der Waals surface area (Å²) in [5, 5.41) is 0. The molecule has 102 valence electrons. The van der Waals surface area contributed by atoms with Crippen LogP contribution in [0.25, 0.3) is 0 Å². The molecule has 0 radical (unpaired) electrons. The molecule has 0 spiro atoms. The van der Waals surface area contributed by atoms with Crippen LogP contribution in [0.2, 0.25) is 0 Å². The maximum atomic E-state index is 13.0. The van der Waals surface area contributed by atoms with Crippen LogP contribution in [0.4, 0.5) is 10.1 Å². The Morgan fingerprint density at radius 2 is 2.17 bits per heavy atom. The van der Waals surface area contributed by atoms with Gasteiger partial charge < -0.3 is 5.73 Å². The van der Waals surface area contributed by atoms with Crippen molar-refractivity contribution in [2.45, 2.75) is 24.8 Å². The third-order valence-corrected chi connectivity index (χ3v) is 4.94. The molecule has 1 atom stereocenters. The predicted octanol–water partition coefficient (Wildman–Crippen LogP) is 1.83. The van der Waals surface area contributed by atoms with Crippen molar-refractivity contribution >= 4 is 27.5 Å². The fraction of sp³-hybridized carbons (Fsp3) is 0.455. The van der Waals surface area contributed by atoms with Crippen LogP contribution < -0.4 is 10.5 Å². The highest BCUT2D eigenvalue weighted by atomic mass is 32.2. The Morgan fingerprint density at radius 3 is 2.72 bits per heavy atom. The Hall–Kier alpha value is -0.790. The Bertz CT molecular complexity index is 506. The van der Waals surface area contributed by atoms with Gasteiger partial charge in [0.05, 0.1) is 10.6 Å². The molecule has 18 heavy (non-hydrogen) atoms. The summed E-state index contributed by atoms with van der Waals surface area (Å²) in [5.74, 6) is 0.991. The lowest BCUT2D eigenvalue weighted by Gasteiger charge is -2.13. The van der Waals surface area contributed by atoms with E-state index in [0.717, 1.165) is 17.9 Å². The van der Waals surface area contributed by atoms with Crippen LogP contribution in [-0.2, 0) is 10.0 Å². The standard InChI is InChI=1S/C11H17FN2O2S2/c1-3-17-7-8(2)14-18(15,16)9-4-5-10(12)11(13)6-9/h4-6,8,14H,3,7,13H2,1-2H3. The van der Waals surface area contributed by atoms with E-state index in [0.29, 0.717) is 5.75 Å². The Morgan fingerprint density at radius 1 is 1.50 bits per heavy atom. The number of halogens is 1. The number of rotatable bonds is 6. The van der Waals surface area contributed by atoms with Crippen LogP contribution in [0.15, 0.2) is 23.1 Å². The molecule has 1 rings (SSSR count). The molecule has 3 N–H and O–H groups in total. The molecule has 0 fully saturated rings. The number of hydrogen-bond donors (Lipinski definition) is 2. The highest BCUT2D eigenvalue weighted by Gasteiger charge is 2.18. The van der Waals surface area contributed by atoms with Crippen molar-refractivity contribution in [3.8, 4) is 0 Å². The monoisotopic (exact) mass is 292 g/mol. The van der Waals surface area contributed by atoms with Gasteiger partial charge in [-0.2, -0.15) is 11.8 Å². The van der Waals surface area contributed by atoms with E-state index in [1.54, 1.807) is 18.7 Å². The Balaban J connectivity index is 2.83. The van der Waals surface area contributed by atoms with E-state index >= 15 is 0 Å². The third-order valence-electron chi connectivity index (χ3n) is 2.21. The maximum Gasteiger partial charge on any atom is 0.240 e. The number of sulfonamides is 1. The lowest BCUT2D eigenvalue weighted by Crippen LogP contribution is -2.34. The summed E-state index contributed by atoms with van der Waals surface area (Å²) < 4.78 is 39.4. The van der Waals surface area contributed by atoms with Crippen LogP contribution in [0.3, 0.4) is 0 Å². The molecule has 0 saturated heterocycles. The number of thioether (sulfide) groups is 1. The number of hydrogen-bond acceptors (Lipinski definition) is 4. The molecule has 7 heteroatoms. The maximum absolute atomic E-state index is 13.0. The molecule has 4 nitrogen and oxygen atoms in total. The second-order valence-electron chi connectivity index (χ2n) is 3.87. The van der Waals surface area contributed by atoms with Crippen LogP contribution in [0, 0.1) is 5.82 Å². The van der Waals surface area contributed by atoms with Gasteiger partial charge >= 0.3 is 0 Å². The van der Waals surface area contributed by atoms with E-state index in [4.69, 9.17) is 5.73 Å². The van der Waals surface area contributed by atoms with E-state index in [9.17, 15) is 12.8 Å². The van der Waals surface area contributed by atoms with Gasteiger partial charge in [0.2, 0.25) is 10.0 Å². The SMILES string of the molecule is CCSCC(C)NS(=O)(=O)c1ccc(F)c(N)c1. The molecular formula is C11H17FN2O2S2. The summed E-state index contributed by atoms with van der Waals surface area (Å²) in [6.07, 6.45) is 0. The summed E-state index contributed by atoms with van der Waals surface area (Å²) in [6.45, 7) is 3.79. The first-order valence-electron chi connectivity index (χ1n) is 5.52. The van der Waals surface area contributed by atoms with Crippen LogP contribution in [0.5, 0.6) is 0 Å². The van der Waals surface area contributed by atoms with Crippen molar-refractivity contribution in [2.24, 2.45) is 0 Å². The number of nitrogen functional groups attached to an aromatic ring is 1. The molecule has 1 aromatic carbocycles. The topological polar surface area (TPSA) is 72.2 Å². The van der Waals surface area contributed by atoms with E-state index in [1.165, 1.54) is 6.07 Å². The number of nitrogens with two attached hydrogens (primary N) is 1. The van der Waals surface area contributed by atoms with Crippen molar-refractivity contribution in [1.29, 1.82) is 0 Å². The van der Waals surface area contributed by atoms with Crippen molar-refractivity contribution in [2.75, 3.05) is 17.2 Å². The number of nitrogens with one attached hydrogen (secondary N) is 1. The normalized spacial score (nSPS) is 13.5. The Kier molecular flexibility index (Phi) is 5.43. The van der Waals surface area contributed by atoms with E-state index in [2.05, 4.69) is 4.72 Å². The molecule has 0 amide bonds. The molecular weight excluding hydrogens is 275 g/mol. The summed E-state index contributed by atoms with van der Waals surface area (Å²) in [4.78, 5) is -0.0188. The summed E-state index contributed by atoms with van der Waals surface area (Å²) >= 11 is 1.65. The van der Waals surface area contributed by atoms with Crippen molar-refractivity contribution in [3.05, 3.63) is 24.0 Å². The molecule has 0 aliphatic carbocycles. The van der Waals surface area contributed by atoms with Gasteiger partial charge in [-0.05, 0) is 30.9 Å². The second-order valence-corrected chi connectivity index (χ2v) is 6.90. The van der Waals surface area contributed by atoms with E-state index < -0.39 is 15.8 Å². The minimum absolute atomic E-state index is 0.0188. The van der Waals surface area contributed by atoms with E-state index in [-0.39, 0.29) is 16.6 Å². The predicted molar refractivity (Wildman–Crippen MR) is 73.6 cm³/mol. The molecule has 1 unspecified atom stereocenters. The molecule has 0 aromatic heterocycles. The van der Waals surface area contributed by atoms with Gasteiger partial charge in [-0.15, -0.1) is 0 Å². The summed E-state index contributed by atoms with van der Waals surface area (Å²) in [7, 11) is -3.64. The summed E-state index contributed by atoms with van der Waals surface area (Å²) in [5.41, 5.74) is 5.18. The molecule has 1 aromatic rings. The second kappa shape index (κ2) is 6.40. The zero-order valence-electron chi connectivity index (χ0n) is 10.3. The average molecular weight is 292 g/mol. The van der Waals surface area contributed by atoms with Crippen molar-refractivity contribution in [1.82, 2.24) is 4.72 Å². The van der Waals surface area contributed by atoms with Gasteiger partial charge in [0, 0.05) is 11.8 Å². The fourth-order valence-electron chi connectivity index (χ4n) is 1.35. The smallest absolute Gasteiger partial charge is 0.240 e. The highest BCUT2D eigenvalue weighted by Crippen LogP contribution is 2.17. The van der Waals surface area contributed by atoms with Crippen LogP contribution in [-0.4, -0.2) is 26.0 Å². The summed E-state index contributed by atoms with van der Waals surface area (Å²) in [6, 6.07) is 3.19. The zero-order chi connectivity index (χ0) is 13.8. The van der Waals surface area contributed by atoms with Crippen LogP contribution >= 0.6 is 11.8 Å². The van der Waals surface area contributed by atoms with Gasteiger partial charge in [-0.3, -0.25) is 0 Å². The van der Waals surface area contributed by atoms with Gasteiger partial charge in [-0.25, -0.2) is 17.5 Å². The van der Waals surface area contributed by atoms with E-state index in [1.807, 2.05) is 6.92 Å². The van der Waals surface area contributed by atoms with Gasteiger partial charge in [0.25, 0.3) is 0 Å². The molecule has 0 aliphatic heterocycles. The number of benzene rings is 1. The molecule has 0 saturated carbocycles. The fourth-order valence-corrected chi connectivity index (χ4v) is 3.41.